The van der Waals surface area contributed by atoms with Gasteiger partial charge in [0.2, 0.25) is 0 Å². The average molecular weight is 309 g/mol. The lowest BCUT2D eigenvalue weighted by Gasteiger charge is -2.34. The van der Waals surface area contributed by atoms with E-state index in [1.54, 1.807) is 20.8 Å². The van der Waals surface area contributed by atoms with Gasteiger partial charge in [0.05, 0.1) is 10.5 Å². The van der Waals surface area contributed by atoms with Crippen molar-refractivity contribution in [1.29, 1.82) is 0 Å². The van der Waals surface area contributed by atoms with Crippen LogP contribution >= 0.6 is 0 Å². The maximum Gasteiger partial charge on any atom is 0.155 e. The zero-order valence-corrected chi connectivity index (χ0v) is 14.3. The standard InChI is InChI=1S/C17H27NO2S/c1-17(2,3)21(19,20)12-11-14-10-9-13-7-5-6-8-15(13)16(14)18-4/h5-8,14,16,18H,9-12H2,1-4H3. The molecule has 1 aliphatic rings. The second-order valence-electron chi connectivity index (χ2n) is 6.98. The summed E-state index contributed by atoms with van der Waals surface area (Å²) in [6.45, 7) is 5.36. The molecule has 1 aromatic rings. The maximum atomic E-state index is 12.3. The summed E-state index contributed by atoms with van der Waals surface area (Å²) in [7, 11) is -1.06. The lowest BCUT2D eigenvalue weighted by atomic mass is 9.78. The van der Waals surface area contributed by atoms with Crippen LogP contribution in [0.15, 0.2) is 24.3 Å². The molecule has 21 heavy (non-hydrogen) atoms. The minimum Gasteiger partial charge on any atom is -0.313 e. The molecule has 1 N–H and O–H groups in total. The van der Waals surface area contributed by atoms with E-state index in [2.05, 4.69) is 29.6 Å². The molecule has 1 aromatic carbocycles. The van der Waals surface area contributed by atoms with Crippen molar-refractivity contribution in [3.8, 4) is 0 Å². The quantitative estimate of drug-likeness (QED) is 0.929. The van der Waals surface area contributed by atoms with Crippen molar-refractivity contribution < 1.29 is 8.42 Å². The predicted molar refractivity (Wildman–Crippen MR) is 88.2 cm³/mol. The monoisotopic (exact) mass is 309 g/mol. The molecule has 2 unspecified atom stereocenters. The fourth-order valence-electron chi connectivity index (χ4n) is 3.14. The molecule has 0 fully saturated rings. The van der Waals surface area contributed by atoms with Crippen molar-refractivity contribution in [2.75, 3.05) is 12.8 Å². The summed E-state index contributed by atoms with van der Waals surface area (Å²) >= 11 is 0. The first-order valence-electron chi connectivity index (χ1n) is 7.73. The highest BCUT2D eigenvalue weighted by atomic mass is 32.2. The number of nitrogens with one attached hydrogen (secondary N) is 1. The number of hydrogen-bond acceptors (Lipinski definition) is 3. The average Bonchev–Trinajstić information content (AvgIpc) is 2.43. The first kappa shape index (κ1) is 16.5. The van der Waals surface area contributed by atoms with E-state index in [1.807, 2.05) is 7.05 Å². The van der Waals surface area contributed by atoms with Gasteiger partial charge in [-0.2, -0.15) is 0 Å². The van der Waals surface area contributed by atoms with Crippen molar-refractivity contribution >= 4 is 9.84 Å². The number of rotatable bonds is 4. The molecule has 0 spiro atoms. The Kier molecular flexibility index (Phi) is 4.79. The topological polar surface area (TPSA) is 46.2 Å². The number of benzene rings is 1. The summed E-state index contributed by atoms with van der Waals surface area (Å²) in [5, 5.41) is 3.39. The summed E-state index contributed by atoms with van der Waals surface area (Å²) in [4.78, 5) is 0. The van der Waals surface area contributed by atoms with Crippen LogP contribution in [0, 0.1) is 5.92 Å². The van der Waals surface area contributed by atoms with Gasteiger partial charge in [0, 0.05) is 6.04 Å². The Balaban J connectivity index is 2.12. The molecule has 0 saturated heterocycles. The van der Waals surface area contributed by atoms with Crippen LogP contribution in [0.4, 0.5) is 0 Å². The fraction of sp³-hybridized carbons (Fsp3) is 0.647. The minimum atomic E-state index is -3.03. The Morgan fingerprint density at radius 2 is 1.90 bits per heavy atom. The van der Waals surface area contributed by atoms with Gasteiger partial charge < -0.3 is 5.32 Å². The van der Waals surface area contributed by atoms with E-state index in [0.717, 1.165) is 19.3 Å². The molecule has 0 aromatic heterocycles. The molecule has 0 radical (unpaired) electrons. The van der Waals surface area contributed by atoms with E-state index in [4.69, 9.17) is 0 Å². The van der Waals surface area contributed by atoms with Crippen LogP contribution in [0.3, 0.4) is 0 Å². The van der Waals surface area contributed by atoms with Gasteiger partial charge in [-0.15, -0.1) is 0 Å². The zero-order valence-electron chi connectivity index (χ0n) is 13.5. The third-order valence-electron chi connectivity index (χ3n) is 4.65. The van der Waals surface area contributed by atoms with Crippen molar-refractivity contribution in [3.63, 3.8) is 0 Å². The van der Waals surface area contributed by atoms with Crippen molar-refractivity contribution in [3.05, 3.63) is 35.4 Å². The molecule has 0 bridgehead atoms. The molecule has 4 heteroatoms. The summed E-state index contributed by atoms with van der Waals surface area (Å²) in [5.74, 6) is 0.670. The van der Waals surface area contributed by atoms with E-state index in [-0.39, 0.29) is 11.8 Å². The summed E-state index contributed by atoms with van der Waals surface area (Å²) in [6, 6.07) is 8.76. The molecule has 118 valence electrons. The van der Waals surface area contributed by atoms with Gasteiger partial charge in [0.15, 0.2) is 9.84 Å². The first-order valence-corrected chi connectivity index (χ1v) is 9.39. The molecule has 0 amide bonds. The van der Waals surface area contributed by atoms with E-state index in [9.17, 15) is 8.42 Å². The van der Waals surface area contributed by atoms with Crippen LogP contribution in [0.1, 0.15) is 50.8 Å². The Bertz CT molecular complexity index is 587. The van der Waals surface area contributed by atoms with Crippen molar-refractivity contribution in [2.45, 2.75) is 50.8 Å². The van der Waals surface area contributed by atoms with Crippen molar-refractivity contribution in [2.24, 2.45) is 5.92 Å². The molecular formula is C17H27NO2S. The third kappa shape index (κ3) is 3.49. The van der Waals surface area contributed by atoms with Gasteiger partial charge in [-0.1, -0.05) is 24.3 Å². The van der Waals surface area contributed by atoms with Gasteiger partial charge in [-0.3, -0.25) is 0 Å². The van der Waals surface area contributed by atoms with Crippen LogP contribution in [0.5, 0.6) is 0 Å². The van der Waals surface area contributed by atoms with Crippen molar-refractivity contribution in [1.82, 2.24) is 5.32 Å². The summed E-state index contributed by atoms with van der Waals surface area (Å²) < 4.78 is 24.0. The number of hydrogen-bond donors (Lipinski definition) is 1. The zero-order chi connectivity index (χ0) is 15.7. The second kappa shape index (κ2) is 6.09. The first-order chi connectivity index (χ1) is 9.76. The number of sulfone groups is 1. The van der Waals surface area contributed by atoms with E-state index < -0.39 is 14.6 Å². The fourth-order valence-corrected chi connectivity index (χ4v) is 4.37. The smallest absolute Gasteiger partial charge is 0.155 e. The molecule has 1 aliphatic carbocycles. The van der Waals surface area contributed by atoms with E-state index in [0.29, 0.717) is 5.92 Å². The van der Waals surface area contributed by atoms with Gasteiger partial charge in [-0.05, 0) is 64.1 Å². The Labute approximate surface area is 129 Å². The molecule has 2 rings (SSSR count). The normalized spacial score (nSPS) is 22.9. The predicted octanol–water partition coefficient (Wildman–Crippen LogP) is 3.11. The van der Waals surface area contributed by atoms with Gasteiger partial charge >= 0.3 is 0 Å². The number of aryl methyl sites for hydroxylation is 1. The van der Waals surface area contributed by atoms with E-state index >= 15 is 0 Å². The largest absolute Gasteiger partial charge is 0.313 e. The van der Waals surface area contributed by atoms with Gasteiger partial charge in [-0.25, -0.2) is 8.42 Å². The Morgan fingerprint density at radius 3 is 2.52 bits per heavy atom. The molecule has 0 aliphatic heterocycles. The molecule has 2 atom stereocenters. The Hall–Kier alpha value is -0.870. The lowest BCUT2D eigenvalue weighted by Crippen LogP contribution is -2.35. The van der Waals surface area contributed by atoms with Gasteiger partial charge in [0.25, 0.3) is 0 Å². The summed E-state index contributed by atoms with van der Waals surface area (Å²) in [5.41, 5.74) is 2.73. The SMILES string of the molecule is CNC1c2ccccc2CCC1CCS(=O)(=O)C(C)(C)C. The molecule has 0 saturated carbocycles. The van der Waals surface area contributed by atoms with Gasteiger partial charge in [0.1, 0.15) is 0 Å². The van der Waals surface area contributed by atoms with Crippen LogP contribution < -0.4 is 5.32 Å². The van der Waals surface area contributed by atoms with E-state index in [1.165, 1.54) is 11.1 Å². The van der Waals surface area contributed by atoms with Crippen LogP contribution in [0.25, 0.3) is 0 Å². The highest BCUT2D eigenvalue weighted by molar-refractivity contribution is 7.92. The molecule has 0 heterocycles. The highest BCUT2D eigenvalue weighted by Gasteiger charge is 2.33. The number of fused-ring (bicyclic) bond motifs is 1. The minimum absolute atomic E-state index is 0.269. The summed E-state index contributed by atoms with van der Waals surface area (Å²) in [6.07, 6.45) is 2.84. The molecule has 3 nitrogen and oxygen atoms in total. The lowest BCUT2D eigenvalue weighted by molar-refractivity contribution is 0.327. The maximum absolute atomic E-state index is 12.3. The van der Waals surface area contributed by atoms with Crippen LogP contribution in [-0.2, 0) is 16.3 Å². The molecular weight excluding hydrogens is 282 g/mol. The van der Waals surface area contributed by atoms with Crippen LogP contribution in [0.2, 0.25) is 0 Å². The third-order valence-corrected chi connectivity index (χ3v) is 7.29. The highest BCUT2D eigenvalue weighted by Crippen LogP contribution is 2.36. The Morgan fingerprint density at radius 1 is 1.24 bits per heavy atom. The van der Waals surface area contributed by atoms with Crippen LogP contribution in [-0.4, -0.2) is 26.0 Å². The second-order valence-corrected chi connectivity index (χ2v) is 9.85.